The summed E-state index contributed by atoms with van der Waals surface area (Å²) in [7, 11) is 0. The molecule has 6 aromatic rings. The third kappa shape index (κ3) is 18.6. The summed E-state index contributed by atoms with van der Waals surface area (Å²) < 4.78 is 16.3. The van der Waals surface area contributed by atoms with E-state index in [1.807, 2.05) is 23.5 Å². The lowest BCUT2D eigenvalue weighted by atomic mass is 9.84. The van der Waals surface area contributed by atoms with Crippen molar-refractivity contribution in [3.63, 3.8) is 0 Å². The summed E-state index contributed by atoms with van der Waals surface area (Å²) in [5.74, 6) is 0.482. The Kier molecular flexibility index (Phi) is 28.3. The topological polar surface area (TPSA) is 219 Å². The fourth-order valence-corrected chi connectivity index (χ4v) is 15.2. The Hall–Kier alpha value is -5.44. The van der Waals surface area contributed by atoms with Gasteiger partial charge in [0.2, 0.25) is 0 Å². The van der Waals surface area contributed by atoms with Crippen molar-refractivity contribution in [2.45, 2.75) is 186 Å². The van der Waals surface area contributed by atoms with Gasteiger partial charge in [0.1, 0.15) is 36.6 Å². The van der Waals surface area contributed by atoms with Crippen LogP contribution in [0.3, 0.4) is 0 Å². The van der Waals surface area contributed by atoms with Gasteiger partial charge in [-0.1, -0.05) is 272 Å². The van der Waals surface area contributed by atoms with E-state index in [1.54, 1.807) is 0 Å². The maximum atomic E-state index is 13.3. The fraction of sp³-hybridized carbons (Fsp3) is 0.472. The van der Waals surface area contributed by atoms with Crippen LogP contribution in [-0.2, 0) is 33.3 Å². The van der Waals surface area contributed by atoms with Crippen LogP contribution < -0.4 is 16.2 Å². The van der Waals surface area contributed by atoms with Crippen LogP contribution in [0.4, 0.5) is 0 Å². The lowest BCUT2D eigenvalue weighted by Gasteiger charge is -2.44. The molecule has 2 amide bonds. The normalized spacial score (nSPS) is 22.2. The number of hydrogen-bond acceptors (Lipinski definition) is 14. The fourth-order valence-electron chi connectivity index (χ4n) is 12.0. The first-order valence-electron chi connectivity index (χ1n) is 32.0. The first kappa shape index (κ1) is 68.5. The van der Waals surface area contributed by atoms with Gasteiger partial charge in [-0.15, -0.1) is 23.5 Å². The number of hydrogen-bond donors (Lipinski definition) is 9. The summed E-state index contributed by atoms with van der Waals surface area (Å²) in [6.45, 7) is 0.719. The average molecular weight is 1240 g/mol. The van der Waals surface area contributed by atoms with Crippen LogP contribution in [0, 0.1) is 0 Å². The molecule has 0 aromatic heterocycles. The van der Waals surface area contributed by atoms with Gasteiger partial charge in [-0.05, 0) is 70.6 Å². The van der Waals surface area contributed by atoms with Gasteiger partial charge in [-0.3, -0.25) is 15.0 Å². The van der Waals surface area contributed by atoms with Crippen molar-refractivity contribution >= 4 is 35.3 Å². The van der Waals surface area contributed by atoms with Gasteiger partial charge in [-0.25, -0.2) is 5.43 Å². The number of thioether (sulfide) groups is 2. The average Bonchev–Trinajstić information content (AvgIpc) is 1.17. The first-order chi connectivity index (χ1) is 43.1. The molecule has 0 radical (unpaired) electrons. The summed E-state index contributed by atoms with van der Waals surface area (Å²) in [6.07, 6.45) is 0.632. The number of aliphatic hydroxyl groups is 6. The van der Waals surface area contributed by atoms with Crippen molar-refractivity contribution in [2.75, 3.05) is 24.6 Å². The molecule has 2 fully saturated rings. The highest BCUT2D eigenvalue weighted by atomic mass is 32.2. The molecule has 474 valence electrons. The molecule has 0 unspecified atom stereocenters. The molecule has 88 heavy (non-hydrogen) atoms. The minimum Gasteiger partial charge on any atom is -0.387 e. The second-order valence-electron chi connectivity index (χ2n) is 23.3. The van der Waals surface area contributed by atoms with E-state index >= 15 is 0 Å². The van der Waals surface area contributed by atoms with Crippen molar-refractivity contribution in [2.24, 2.45) is 0 Å². The van der Waals surface area contributed by atoms with Gasteiger partial charge in [0, 0.05) is 13.1 Å². The van der Waals surface area contributed by atoms with Crippen LogP contribution in [0.2, 0.25) is 0 Å². The standard InChI is InChI=1S/C72H93N3O11S2/c76-59-61(78)65(67(82)73-49-33-11-7-3-1-5-9-13-35-51-87-71(53-37-21-15-22-38-53,54-39-23-16-24-40-54)55-41-25-17-26-42-55)84-69(63(59)80)86-70-64(81)60(77)62(79)66(85-70)68(83)75-74-50-34-12-8-4-2-6-10-14-36-52-88-72(56-43-27-18-28-44-56,57-45-29-19-30-46-57)58-47-31-20-32-48-58/h15-32,37-48,59-66,69-70,74,76-81H,1-14,33-36,49-52H2,(H,73,82)(H,75,83)/t59-,60-,61-,62-,63+,64+,65-,66-,69+,70+/m0/s1. The van der Waals surface area contributed by atoms with E-state index in [0.717, 1.165) is 101 Å². The number of aliphatic hydroxyl groups excluding tert-OH is 6. The van der Waals surface area contributed by atoms with Gasteiger partial charge >= 0.3 is 0 Å². The van der Waals surface area contributed by atoms with Crippen molar-refractivity contribution in [3.05, 3.63) is 215 Å². The molecule has 16 heteroatoms. The predicted octanol–water partition coefficient (Wildman–Crippen LogP) is 10.8. The number of nitrogens with one attached hydrogen (secondary N) is 3. The lowest BCUT2D eigenvalue weighted by molar-refractivity contribution is -0.366. The zero-order valence-electron chi connectivity index (χ0n) is 50.7. The third-order valence-corrected chi connectivity index (χ3v) is 20.2. The molecule has 0 aliphatic carbocycles. The molecule has 0 saturated carbocycles. The maximum absolute atomic E-state index is 13.3. The van der Waals surface area contributed by atoms with Crippen molar-refractivity contribution < 1.29 is 54.4 Å². The van der Waals surface area contributed by atoms with Crippen molar-refractivity contribution in [3.8, 4) is 0 Å². The van der Waals surface area contributed by atoms with Crippen LogP contribution in [0.1, 0.15) is 149 Å². The summed E-state index contributed by atoms with van der Waals surface area (Å²) in [5, 5.41) is 67.4. The number of ether oxygens (including phenoxy) is 3. The van der Waals surface area contributed by atoms with Crippen molar-refractivity contribution in [1.29, 1.82) is 0 Å². The summed E-state index contributed by atoms with van der Waals surface area (Å²) in [5.41, 5.74) is 13.0. The Bertz CT molecular complexity index is 2700. The highest BCUT2D eigenvalue weighted by molar-refractivity contribution is 8.00. The molecule has 0 bridgehead atoms. The van der Waals surface area contributed by atoms with Crippen LogP contribution >= 0.6 is 23.5 Å². The van der Waals surface area contributed by atoms with Crippen LogP contribution in [-0.4, -0.2) is 128 Å². The SMILES string of the molecule is O=C(NCCCCCCCCCCCSC(c1ccccc1)(c1ccccc1)c1ccccc1)[C@H]1O[C@H](O[C@H]2O[C@H](C(=O)NNCCCCCCCCCCCSC(c3ccccc3)(c3ccccc3)c3ccccc3)[C@@H](O)[C@H](O)[C@H]2O)[C@H](O)[C@@H](O)[C@@H]1O. The minimum absolute atomic E-state index is 0.285. The number of benzene rings is 6. The van der Waals surface area contributed by atoms with Gasteiger partial charge < -0.3 is 50.2 Å². The van der Waals surface area contributed by atoms with E-state index in [0.29, 0.717) is 13.0 Å². The Morgan fingerprint density at radius 3 is 0.943 bits per heavy atom. The second kappa shape index (κ2) is 36.4. The van der Waals surface area contributed by atoms with Gasteiger partial charge in [-0.2, -0.15) is 0 Å². The highest BCUT2D eigenvalue weighted by Crippen LogP contribution is 2.50. The molecule has 2 heterocycles. The molecule has 14 nitrogen and oxygen atoms in total. The van der Waals surface area contributed by atoms with E-state index in [1.165, 1.54) is 52.6 Å². The molecule has 2 saturated heterocycles. The number of amides is 2. The maximum Gasteiger partial charge on any atom is 0.266 e. The zero-order chi connectivity index (χ0) is 61.8. The Morgan fingerprint density at radius 2 is 0.625 bits per heavy atom. The van der Waals surface area contributed by atoms with Crippen LogP contribution in [0.5, 0.6) is 0 Å². The zero-order valence-corrected chi connectivity index (χ0v) is 52.3. The second-order valence-corrected chi connectivity index (χ2v) is 25.9. The number of carbonyl (C=O) groups is 2. The monoisotopic (exact) mass is 1240 g/mol. The number of carbonyl (C=O) groups excluding carboxylic acids is 2. The molecular weight excluding hydrogens is 1150 g/mol. The molecule has 2 aliphatic heterocycles. The summed E-state index contributed by atoms with van der Waals surface area (Å²) in [4.78, 5) is 26.5. The molecule has 0 spiro atoms. The Balaban J connectivity index is 0.666. The van der Waals surface area contributed by atoms with Gasteiger partial charge in [0.15, 0.2) is 24.8 Å². The molecule has 10 atom stereocenters. The number of rotatable bonds is 37. The molecule has 9 N–H and O–H groups in total. The molecule has 6 aromatic carbocycles. The Labute approximate surface area is 529 Å². The smallest absolute Gasteiger partial charge is 0.266 e. The van der Waals surface area contributed by atoms with E-state index in [-0.39, 0.29) is 16.0 Å². The van der Waals surface area contributed by atoms with E-state index in [2.05, 4.69) is 198 Å². The van der Waals surface area contributed by atoms with Crippen molar-refractivity contribution in [1.82, 2.24) is 16.2 Å². The van der Waals surface area contributed by atoms with Crippen LogP contribution in [0.15, 0.2) is 182 Å². The highest BCUT2D eigenvalue weighted by Gasteiger charge is 2.52. The Morgan fingerprint density at radius 1 is 0.352 bits per heavy atom. The molecule has 2 aliphatic rings. The molecule has 8 rings (SSSR count). The minimum atomic E-state index is -1.92. The van der Waals surface area contributed by atoms with Crippen LogP contribution in [0.25, 0.3) is 0 Å². The van der Waals surface area contributed by atoms with E-state index in [4.69, 9.17) is 14.2 Å². The lowest BCUT2D eigenvalue weighted by Crippen LogP contribution is -2.66. The number of unbranched alkanes of at least 4 members (excludes halogenated alkanes) is 16. The first-order valence-corrected chi connectivity index (χ1v) is 34.0. The largest absolute Gasteiger partial charge is 0.387 e. The summed E-state index contributed by atoms with van der Waals surface area (Å²) in [6, 6.07) is 64.8. The van der Waals surface area contributed by atoms with Gasteiger partial charge in [0.25, 0.3) is 11.8 Å². The van der Waals surface area contributed by atoms with Gasteiger partial charge in [0.05, 0.1) is 9.49 Å². The van der Waals surface area contributed by atoms with E-state index in [9.17, 15) is 40.2 Å². The third-order valence-electron chi connectivity index (χ3n) is 16.9. The molecular formula is C72H93N3O11S2. The predicted molar refractivity (Wildman–Crippen MR) is 350 cm³/mol. The number of hydrazine groups is 1. The summed E-state index contributed by atoms with van der Waals surface area (Å²) >= 11 is 4.02. The van der Waals surface area contributed by atoms with E-state index < -0.39 is 73.2 Å². The quantitative estimate of drug-likeness (QED) is 0.0101.